The minimum Gasteiger partial charge on any atom is -0.395 e. The SMILES string of the molecule is O=P(OC[C@@H](O)[C@@H](O)[C@H](O)[C@H](O)CO)(Oc1ccccc1)Oc1ccccc1. The van der Waals surface area contributed by atoms with E-state index >= 15 is 0 Å². The van der Waals surface area contributed by atoms with Gasteiger partial charge in [-0.2, -0.15) is 0 Å². The second kappa shape index (κ2) is 10.5. The largest absolute Gasteiger partial charge is 0.587 e. The monoisotopic (exact) mass is 414 g/mol. The van der Waals surface area contributed by atoms with Crippen LogP contribution in [-0.4, -0.2) is 63.2 Å². The Morgan fingerprint density at radius 3 is 1.61 bits per heavy atom. The average molecular weight is 414 g/mol. The highest BCUT2D eigenvalue weighted by Gasteiger charge is 2.36. The van der Waals surface area contributed by atoms with E-state index in [1.54, 1.807) is 36.4 Å². The molecule has 2 aromatic carbocycles. The van der Waals surface area contributed by atoms with E-state index in [1.165, 1.54) is 24.3 Å². The Labute approximate surface area is 162 Å². The zero-order chi connectivity index (χ0) is 20.6. The number of phosphoric acid groups is 1. The van der Waals surface area contributed by atoms with Crippen LogP contribution in [0.5, 0.6) is 11.5 Å². The van der Waals surface area contributed by atoms with Gasteiger partial charge >= 0.3 is 7.82 Å². The smallest absolute Gasteiger partial charge is 0.395 e. The highest BCUT2D eigenvalue weighted by Crippen LogP contribution is 2.49. The third-order valence-electron chi connectivity index (χ3n) is 3.65. The topological polar surface area (TPSA) is 146 Å². The van der Waals surface area contributed by atoms with E-state index in [1.807, 2.05) is 0 Å². The summed E-state index contributed by atoms with van der Waals surface area (Å²) in [6.07, 6.45) is -7.13. The lowest BCUT2D eigenvalue weighted by atomic mass is 10.0. The minimum atomic E-state index is -4.28. The van der Waals surface area contributed by atoms with Crippen molar-refractivity contribution in [1.82, 2.24) is 0 Å². The number of aliphatic hydroxyl groups is 5. The van der Waals surface area contributed by atoms with Crippen LogP contribution in [0.3, 0.4) is 0 Å². The van der Waals surface area contributed by atoms with Gasteiger partial charge in [-0.25, -0.2) is 4.57 Å². The Morgan fingerprint density at radius 2 is 1.18 bits per heavy atom. The summed E-state index contributed by atoms with van der Waals surface area (Å²) >= 11 is 0. The summed E-state index contributed by atoms with van der Waals surface area (Å²) in [5, 5.41) is 47.6. The fourth-order valence-electron chi connectivity index (χ4n) is 2.12. The van der Waals surface area contributed by atoms with Crippen molar-refractivity contribution >= 4 is 7.82 Å². The van der Waals surface area contributed by atoms with Gasteiger partial charge in [-0.05, 0) is 24.3 Å². The molecule has 0 heterocycles. The van der Waals surface area contributed by atoms with E-state index in [2.05, 4.69) is 0 Å². The zero-order valence-electron chi connectivity index (χ0n) is 14.8. The molecule has 0 saturated carbocycles. The lowest BCUT2D eigenvalue weighted by Crippen LogP contribution is -2.47. The normalized spacial score (nSPS) is 16.0. The summed E-state index contributed by atoms with van der Waals surface area (Å²) in [5.74, 6) is 0.375. The van der Waals surface area contributed by atoms with Crippen LogP contribution in [0.2, 0.25) is 0 Å². The molecule has 9 nitrogen and oxygen atoms in total. The Bertz CT molecular complexity index is 698. The number of hydrogen-bond acceptors (Lipinski definition) is 9. The first-order valence-electron chi connectivity index (χ1n) is 8.41. The maximum Gasteiger partial charge on any atom is 0.587 e. The van der Waals surface area contributed by atoms with Crippen LogP contribution < -0.4 is 9.05 Å². The lowest BCUT2D eigenvalue weighted by Gasteiger charge is -2.26. The van der Waals surface area contributed by atoms with Gasteiger partial charge in [0.05, 0.1) is 13.2 Å². The highest BCUT2D eigenvalue weighted by molar-refractivity contribution is 7.49. The number of phosphoric ester groups is 1. The molecule has 2 aromatic rings. The standard InChI is InChI=1S/C18H23O9P/c19-11-15(20)17(22)18(23)16(21)12-25-28(24,26-13-7-3-1-4-8-13)27-14-9-5-2-6-10-14/h1-10,15-23H,11-12H2/t15-,16-,17-,18-/m1/s1. The van der Waals surface area contributed by atoms with Gasteiger partial charge in [-0.15, -0.1) is 0 Å². The van der Waals surface area contributed by atoms with Gasteiger partial charge < -0.3 is 34.6 Å². The van der Waals surface area contributed by atoms with E-state index in [9.17, 15) is 25.0 Å². The molecule has 10 heteroatoms. The van der Waals surface area contributed by atoms with Crippen LogP contribution in [-0.2, 0) is 9.09 Å². The van der Waals surface area contributed by atoms with Crippen molar-refractivity contribution in [3.05, 3.63) is 60.7 Å². The fraction of sp³-hybridized carbons (Fsp3) is 0.333. The van der Waals surface area contributed by atoms with Gasteiger partial charge in [0.2, 0.25) is 0 Å². The molecule has 0 unspecified atom stereocenters. The third kappa shape index (κ3) is 6.57. The van der Waals surface area contributed by atoms with Crippen LogP contribution in [0.4, 0.5) is 0 Å². The molecule has 0 saturated heterocycles. The molecule has 0 aliphatic heterocycles. The first kappa shape index (κ1) is 22.3. The molecular weight excluding hydrogens is 391 g/mol. The van der Waals surface area contributed by atoms with E-state index in [0.29, 0.717) is 0 Å². The van der Waals surface area contributed by atoms with E-state index in [4.69, 9.17) is 18.7 Å². The van der Waals surface area contributed by atoms with E-state index in [0.717, 1.165) is 0 Å². The van der Waals surface area contributed by atoms with Crippen LogP contribution in [0, 0.1) is 0 Å². The van der Waals surface area contributed by atoms with Gasteiger partial charge in [0, 0.05) is 0 Å². The van der Waals surface area contributed by atoms with Crippen molar-refractivity contribution in [2.45, 2.75) is 24.4 Å². The number of benzene rings is 2. The maximum absolute atomic E-state index is 13.0. The molecule has 5 N–H and O–H groups in total. The van der Waals surface area contributed by atoms with Crippen LogP contribution in [0.15, 0.2) is 60.7 Å². The maximum atomic E-state index is 13.0. The Kier molecular flexibility index (Phi) is 8.40. The van der Waals surface area contributed by atoms with Gasteiger partial charge in [0.25, 0.3) is 0 Å². The molecule has 0 aliphatic carbocycles. The minimum absolute atomic E-state index is 0.188. The second-order valence-electron chi connectivity index (χ2n) is 5.85. The first-order valence-corrected chi connectivity index (χ1v) is 9.87. The summed E-state index contributed by atoms with van der Waals surface area (Å²) in [6, 6.07) is 16.1. The van der Waals surface area contributed by atoms with Crippen molar-refractivity contribution < 1.29 is 43.7 Å². The molecule has 0 spiro atoms. The van der Waals surface area contributed by atoms with Crippen LogP contribution in [0.25, 0.3) is 0 Å². The summed E-state index contributed by atoms with van der Waals surface area (Å²) in [4.78, 5) is 0. The Morgan fingerprint density at radius 1 is 0.750 bits per heavy atom. The van der Waals surface area contributed by atoms with Crippen molar-refractivity contribution in [2.75, 3.05) is 13.2 Å². The van der Waals surface area contributed by atoms with Crippen molar-refractivity contribution in [3.63, 3.8) is 0 Å². The Hall–Kier alpha value is -1.97. The molecule has 28 heavy (non-hydrogen) atoms. The van der Waals surface area contributed by atoms with E-state index < -0.39 is 45.5 Å². The van der Waals surface area contributed by atoms with Crippen LogP contribution in [0.1, 0.15) is 0 Å². The number of hydrogen-bond donors (Lipinski definition) is 5. The molecule has 0 aromatic heterocycles. The van der Waals surface area contributed by atoms with Crippen molar-refractivity contribution in [2.24, 2.45) is 0 Å². The third-order valence-corrected chi connectivity index (χ3v) is 4.98. The summed E-state index contributed by atoms with van der Waals surface area (Å²) in [7, 11) is -4.28. The molecular formula is C18H23O9P. The fourth-order valence-corrected chi connectivity index (χ4v) is 3.36. The molecule has 2 rings (SSSR count). The quantitative estimate of drug-likeness (QED) is 0.335. The molecule has 4 atom stereocenters. The second-order valence-corrected chi connectivity index (χ2v) is 7.37. The molecule has 0 amide bonds. The zero-order valence-corrected chi connectivity index (χ0v) is 15.7. The summed E-state index contributed by atoms with van der Waals surface area (Å²) < 4.78 is 28.8. The van der Waals surface area contributed by atoms with Crippen molar-refractivity contribution in [1.29, 1.82) is 0 Å². The predicted octanol–water partition coefficient (Wildman–Crippen LogP) is 0.705. The van der Waals surface area contributed by atoms with Gasteiger partial charge in [-0.3, -0.25) is 4.52 Å². The molecule has 0 fully saturated rings. The van der Waals surface area contributed by atoms with Gasteiger partial charge in [0.1, 0.15) is 35.9 Å². The number of para-hydroxylation sites is 2. The van der Waals surface area contributed by atoms with Crippen molar-refractivity contribution in [3.8, 4) is 11.5 Å². The molecule has 0 aliphatic rings. The van der Waals surface area contributed by atoms with E-state index in [-0.39, 0.29) is 11.5 Å². The highest BCUT2D eigenvalue weighted by atomic mass is 31.2. The number of rotatable bonds is 11. The Balaban J connectivity index is 2.09. The number of aliphatic hydroxyl groups excluding tert-OH is 5. The average Bonchev–Trinajstić information content (AvgIpc) is 2.71. The summed E-state index contributed by atoms with van der Waals surface area (Å²) in [6.45, 7) is -1.56. The van der Waals surface area contributed by atoms with Gasteiger partial charge in [0.15, 0.2) is 0 Å². The molecule has 154 valence electrons. The predicted molar refractivity (Wildman–Crippen MR) is 98.8 cm³/mol. The molecule has 0 bridgehead atoms. The summed E-state index contributed by atoms with van der Waals surface area (Å²) in [5.41, 5.74) is 0. The first-order chi connectivity index (χ1) is 13.3. The van der Waals surface area contributed by atoms with Gasteiger partial charge in [-0.1, -0.05) is 36.4 Å². The molecule has 0 radical (unpaired) electrons. The lowest BCUT2D eigenvalue weighted by molar-refractivity contribution is -0.122. The van der Waals surface area contributed by atoms with Crippen LogP contribution >= 0.6 is 7.82 Å².